The number of rotatable bonds is 6. The second-order valence-corrected chi connectivity index (χ2v) is 7.92. The molecule has 31 heavy (non-hydrogen) atoms. The summed E-state index contributed by atoms with van der Waals surface area (Å²) in [6.07, 6.45) is 0. The van der Waals surface area contributed by atoms with Gasteiger partial charge in [0.25, 0.3) is 17.6 Å². The lowest BCUT2D eigenvalue weighted by atomic mass is 10.1. The molecule has 3 aromatic carbocycles. The minimum absolute atomic E-state index is 0.0587. The summed E-state index contributed by atoms with van der Waals surface area (Å²) < 4.78 is 35.6. The Morgan fingerprint density at radius 2 is 1.42 bits per heavy atom. The minimum Gasteiger partial charge on any atom is -0.321 e. The molecule has 2 amide bonds. The maximum Gasteiger partial charge on any atom is 0.296 e. The summed E-state index contributed by atoms with van der Waals surface area (Å²) in [7, 11) is -3.89. The van der Waals surface area contributed by atoms with E-state index in [1.54, 1.807) is 6.07 Å². The summed E-state index contributed by atoms with van der Waals surface area (Å²) in [5.41, 5.74) is 0.389. The number of para-hydroxylation sites is 1. The normalized spacial score (nSPS) is 10.9. The third-order valence-electron chi connectivity index (χ3n) is 4.17. The summed E-state index contributed by atoms with van der Waals surface area (Å²) in [6.45, 7) is 0. The molecule has 4 N–H and O–H groups in total. The average Bonchev–Trinajstić information content (AvgIpc) is 2.74. The van der Waals surface area contributed by atoms with Crippen molar-refractivity contribution in [3.8, 4) is 0 Å². The maximum absolute atomic E-state index is 13.0. The van der Waals surface area contributed by atoms with Crippen molar-refractivity contribution in [2.45, 2.75) is 4.90 Å². The van der Waals surface area contributed by atoms with Crippen LogP contribution in [0.1, 0.15) is 20.7 Å². The van der Waals surface area contributed by atoms with Crippen molar-refractivity contribution in [3.63, 3.8) is 0 Å². The van der Waals surface area contributed by atoms with Crippen molar-refractivity contribution < 1.29 is 27.2 Å². The topological polar surface area (TPSA) is 135 Å². The van der Waals surface area contributed by atoms with Gasteiger partial charge < -0.3 is 10.6 Å². The van der Waals surface area contributed by atoms with E-state index in [1.807, 2.05) is 0 Å². The van der Waals surface area contributed by atoms with E-state index in [2.05, 4.69) is 10.6 Å². The van der Waals surface area contributed by atoms with E-state index in [0.29, 0.717) is 0 Å². The van der Waals surface area contributed by atoms with E-state index >= 15 is 0 Å². The third-order valence-corrected chi connectivity index (χ3v) is 5.10. The van der Waals surface area contributed by atoms with Crippen molar-refractivity contribution in [2.24, 2.45) is 5.14 Å². The Labute approximate surface area is 176 Å². The molecule has 0 unspecified atom stereocenters. The van der Waals surface area contributed by atoms with Crippen LogP contribution >= 0.6 is 0 Å². The SMILES string of the molecule is NS(=O)(=O)c1ccc(NC(=O)C(=O)c2ccccc2NC(=O)c2ccc(F)cc2)cc1. The number of hydrogen-bond donors (Lipinski definition) is 3. The number of amides is 2. The number of sulfonamides is 1. The molecular weight excluding hydrogens is 425 g/mol. The zero-order chi connectivity index (χ0) is 22.6. The maximum atomic E-state index is 13.0. The molecular formula is C21H16FN3O5S. The highest BCUT2D eigenvalue weighted by Gasteiger charge is 2.21. The predicted molar refractivity (Wildman–Crippen MR) is 112 cm³/mol. The van der Waals surface area contributed by atoms with Crippen molar-refractivity contribution in [1.82, 2.24) is 0 Å². The molecule has 3 aromatic rings. The summed E-state index contributed by atoms with van der Waals surface area (Å²) in [5.74, 6) is -3.00. The lowest BCUT2D eigenvalue weighted by Crippen LogP contribution is -2.24. The molecule has 158 valence electrons. The number of halogens is 1. The fourth-order valence-corrected chi connectivity index (χ4v) is 3.14. The lowest BCUT2D eigenvalue weighted by Gasteiger charge is -2.11. The van der Waals surface area contributed by atoms with Gasteiger partial charge in [0.15, 0.2) is 0 Å². The Morgan fingerprint density at radius 1 is 0.806 bits per heavy atom. The Kier molecular flexibility index (Phi) is 6.23. The van der Waals surface area contributed by atoms with Crippen LogP contribution in [0.3, 0.4) is 0 Å². The number of carbonyl (C=O) groups is 3. The Balaban J connectivity index is 1.76. The Morgan fingerprint density at radius 3 is 2.03 bits per heavy atom. The number of hydrogen-bond acceptors (Lipinski definition) is 5. The molecule has 0 bridgehead atoms. The van der Waals surface area contributed by atoms with Gasteiger partial charge in [-0.15, -0.1) is 0 Å². The van der Waals surface area contributed by atoms with Gasteiger partial charge in [-0.1, -0.05) is 12.1 Å². The number of benzene rings is 3. The molecule has 0 aliphatic carbocycles. The van der Waals surface area contributed by atoms with E-state index in [0.717, 1.165) is 12.1 Å². The molecule has 0 saturated heterocycles. The van der Waals surface area contributed by atoms with E-state index in [-0.39, 0.29) is 27.4 Å². The second kappa shape index (κ2) is 8.86. The van der Waals surface area contributed by atoms with Crippen LogP contribution in [0.15, 0.2) is 77.7 Å². The number of anilines is 2. The molecule has 0 heterocycles. The van der Waals surface area contributed by atoms with E-state index in [1.165, 1.54) is 54.6 Å². The van der Waals surface area contributed by atoms with Gasteiger partial charge in [0.2, 0.25) is 10.0 Å². The fraction of sp³-hybridized carbons (Fsp3) is 0. The van der Waals surface area contributed by atoms with Crippen molar-refractivity contribution in [1.29, 1.82) is 0 Å². The van der Waals surface area contributed by atoms with Crippen LogP contribution in [0.25, 0.3) is 0 Å². The van der Waals surface area contributed by atoms with E-state index in [4.69, 9.17) is 5.14 Å². The van der Waals surface area contributed by atoms with Gasteiger partial charge in [-0.2, -0.15) is 0 Å². The highest BCUT2D eigenvalue weighted by molar-refractivity contribution is 7.89. The fourth-order valence-electron chi connectivity index (χ4n) is 2.62. The molecule has 0 saturated carbocycles. The zero-order valence-electron chi connectivity index (χ0n) is 15.8. The number of Topliss-reactive ketones (excluding diaryl/α,β-unsaturated/α-hetero) is 1. The molecule has 0 aliphatic rings. The molecule has 8 nitrogen and oxygen atoms in total. The second-order valence-electron chi connectivity index (χ2n) is 6.36. The van der Waals surface area contributed by atoms with Crippen molar-refractivity contribution in [2.75, 3.05) is 10.6 Å². The van der Waals surface area contributed by atoms with Crippen LogP contribution in [-0.2, 0) is 14.8 Å². The van der Waals surface area contributed by atoms with Crippen LogP contribution in [0.2, 0.25) is 0 Å². The first-order chi connectivity index (χ1) is 14.6. The standard InChI is InChI=1S/C21H16FN3O5S/c22-14-7-5-13(6-8-14)20(27)25-18-4-2-1-3-17(18)19(26)21(28)24-15-9-11-16(12-10-15)31(23,29)30/h1-12H,(H,24,28)(H,25,27)(H2,23,29,30). The van der Waals surface area contributed by atoms with Gasteiger partial charge >= 0.3 is 0 Å². The predicted octanol–water partition coefficient (Wildman–Crippen LogP) is 2.55. The first-order valence-electron chi connectivity index (χ1n) is 8.79. The Bertz CT molecular complexity index is 1260. The van der Waals surface area contributed by atoms with Gasteiger partial charge in [-0.05, 0) is 60.7 Å². The first kappa shape index (κ1) is 21.8. The minimum atomic E-state index is -3.89. The average molecular weight is 441 g/mol. The monoisotopic (exact) mass is 441 g/mol. The number of primary sulfonamides is 1. The molecule has 0 spiro atoms. The van der Waals surface area contributed by atoms with Crippen molar-refractivity contribution in [3.05, 3.63) is 89.7 Å². The highest BCUT2D eigenvalue weighted by atomic mass is 32.2. The van der Waals surface area contributed by atoms with Crippen LogP contribution in [0, 0.1) is 5.82 Å². The molecule has 10 heteroatoms. The molecule has 3 rings (SSSR count). The number of nitrogens with two attached hydrogens (primary N) is 1. The summed E-state index contributed by atoms with van der Waals surface area (Å²) in [5, 5.41) is 9.90. The van der Waals surface area contributed by atoms with Crippen LogP contribution in [-0.4, -0.2) is 26.0 Å². The van der Waals surface area contributed by atoms with Gasteiger partial charge in [-0.25, -0.2) is 17.9 Å². The van der Waals surface area contributed by atoms with Gasteiger partial charge in [0.1, 0.15) is 5.82 Å². The van der Waals surface area contributed by atoms with Gasteiger partial charge in [0.05, 0.1) is 16.1 Å². The number of ketones is 1. The molecule has 0 aliphatic heterocycles. The number of nitrogens with one attached hydrogen (secondary N) is 2. The molecule has 0 radical (unpaired) electrons. The first-order valence-corrected chi connectivity index (χ1v) is 10.3. The molecule has 0 atom stereocenters. The lowest BCUT2D eigenvalue weighted by molar-refractivity contribution is -0.112. The third kappa shape index (κ3) is 5.38. The summed E-state index contributed by atoms with van der Waals surface area (Å²) in [4.78, 5) is 37.2. The van der Waals surface area contributed by atoms with Gasteiger partial charge in [0, 0.05) is 11.3 Å². The Hall–Kier alpha value is -3.89. The quantitative estimate of drug-likeness (QED) is 0.399. The van der Waals surface area contributed by atoms with E-state index < -0.39 is 33.4 Å². The highest BCUT2D eigenvalue weighted by Crippen LogP contribution is 2.19. The largest absolute Gasteiger partial charge is 0.321 e. The number of carbonyl (C=O) groups excluding carboxylic acids is 3. The summed E-state index contributed by atoms with van der Waals surface area (Å²) >= 11 is 0. The molecule has 0 fully saturated rings. The smallest absolute Gasteiger partial charge is 0.296 e. The van der Waals surface area contributed by atoms with Crippen LogP contribution < -0.4 is 15.8 Å². The molecule has 0 aromatic heterocycles. The van der Waals surface area contributed by atoms with Crippen molar-refractivity contribution >= 4 is 39.0 Å². The van der Waals surface area contributed by atoms with Crippen LogP contribution in [0.5, 0.6) is 0 Å². The van der Waals surface area contributed by atoms with Crippen LogP contribution in [0.4, 0.5) is 15.8 Å². The van der Waals surface area contributed by atoms with E-state index in [9.17, 15) is 27.2 Å². The summed E-state index contributed by atoms with van der Waals surface area (Å²) in [6, 6.07) is 15.7. The zero-order valence-corrected chi connectivity index (χ0v) is 16.6. The van der Waals surface area contributed by atoms with Gasteiger partial charge in [-0.3, -0.25) is 14.4 Å².